The number of carboxylic acid groups (broad SMARTS) is 1. The number of nitrogens with one attached hydrogen (secondary N) is 1. The first-order chi connectivity index (χ1) is 8.29. The van der Waals surface area contributed by atoms with Gasteiger partial charge in [-0.3, -0.25) is 4.79 Å². The van der Waals surface area contributed by atoms with Crippen LogP contribution >= 0.6 is 11.6 Å². The molecular formula is C9H9ClFNO5S. The molecule has 0 saturated heterocycles. The number of hydrogen-bond donors (Lipinski definition) is 3. The summed E-state index contributed by atoms with van der Waals surface area (Å²) in [5.41, 5.74) is 0. The minimum atomic E-state index is -4.42. The zero-order valence-electron chi connectivity index (χ0n) is 8.80. The third kappa shape index (κ3) is 3.16. The molecule has 9 heteroatoms. The highest BCUT2D eigenvalue weighted by molar-refractivity contribution is 7.89. The molecule has 6 nitrogen and oxygen atoms in total. The van der Waals surface area contributed by atoms with Crippen molar-refractivity contribution >= 4 is 27.6 Å². The molecule has 0 saturated carbocycles. The van der Waals surface area contributed by atoms with Gasteiger partial charge in [0, 0.05) is 0 Å². The van der Waals surface area contributed by atoms with E-state index in [2.05, 4.69) is 0 Å². The van der Waals surface area contributed by atoms with Gasteiger partial charge in [-0.25, -0.2) is 12.8 Å². The number of halogens is 2. The summed E-state index contributed by atoms with van der Waals surface area (Å²) in [6.07, 6.45) is 0. The number of aliphatic hydroxyl groups is 1. The summed E-state index contributed by atoms with van der Waals surface area (Å²) in [6.45, 7) is -0.962. The van der Waals surface area contributed by atoms with Gasteiger partial charge in [-0.05, 0) is 12.1 Å². The summed E-state index contributed by atoms with van der Waals surface area (Å²) in [7, 11) is -4.42. The molecule has 1 aromatic carbocycles. The van der Waals surface area contributed by atoms with Crippen molar-refractivity contribution in [2.75, 3.05) is 6.61 Å². The van der Waals surface area contributed by atoms with Gasteiger partial charge in [-0.2, -0.15) is 4.72 Å². The fraction of sp³-hybridized carbons (Fsp3) is 0.222. The first-order valence-corrected chi connectivity index (χ1v) is 6.45. The molecule has 1 atom stereocenters. The lowest BCUT2D eigenvalue weighted by atomic mass is 10.3. The van der Waals surface area contributed by atoms with E-state index in [-0.39, 0.29) is 0 Å². The van der Waals surface area contributed by atoms with E-state index in [1.807, 2.05) is 0 Å². The van der Waals surface area contributed by atoms with Gasteiger partial charge < -0.3 is 10.2 Å². The number of hydrogen-bond acceptors (Lipinski definition) is 4. The molecule has 0 aliphatic rings. The summed E-state index contributed by atoms with van der Waals surface area (Å²) in [4.78, 5) is 9.80. The van der Waals surface area contributed by atoms with Gasteiger partial charge in [0.05, 0.1) is 11.6 Å². The lowest BCUT2D eigenvalue weighted by Gasteiger charge is -2.12. The monoisotopic (exact) mass is 297 g/mol. The Balaban J connectivity index is 3.14. The maximum Gasteiger partial charge on any atom is 0.324 e. The number of carboxylic acids is 1. The molecule has 3 N–H and O–H groups in total. The van der Waals surface area contributed by atoms with Gasteiger partial charge in [0.25, 0.3) is 0 Å². The second-order valence-corrected chi connectivity index (χ2v) is 5.34. The van der Waals surface area contributed by atoms with Crippen LogP contribution in [0.3, 0.4) is 0 Å². The Labute approximate surface area is 107 Å². The van der Waals surface area contributed by atoms with Crippen molar-refractivity contribution in [3.63, 3.8) is 0 Å². The topological polar surface area (TPSA) is 104 Å². The lowest BCUT2D eigenvalue weighted by molar-refractivity contribution is -0.139. The summed E-state index contributed by atoms with van der Waals surface area (Å²) in [5.74, 6) is -2.77. The van der Waals surface area contributed by atoms with E-state index in [1.165, 1.54) is 6.07 Å². The predicted molar refractivity (Wildman–Crippen MR) is 60.2 cm³/mol. The SMILES string of the molecule is O=C(O)[C@H](CO)NS(=O)(=O)c1cccc(Cl)c1F. The van der Waals surface area contributed by atoms with Crippen molar-refractivity contribution in [3.05, 3.63) is 29.0 Å². The van der Waals surface area contributed by atoms with Crippen molar-refractivity contribution < 1.29 is 27.8 Å². The first kappa shape index (κ1) is 14.8. The van der Waals surface area contributed by atoms with Gasteiger partial charge in [-0.1, -0.05) is 17.7 Å². The number of aliphatic carboxylic acids is 1. The molecule has 0 heterocycles. The van der Waals surface area contributed by atoms with Crippen LogP contribution in [0.15, 0.2) is 23.1 Å². The Hall–Kier alpha value is -1.22. The Bertz CT molecular complexity index is 562. The summed E-state index contributed by atoms with van der Waals surface area (Å²) >= 11 is 5.42. The van der Waals surface area contributed by atoms with Crippen molar-refractivity contribution in [3.8, 4) is 0 Å². The van der Waals surface area contributed by atoms with Crippen LogP contribution in [0, 0.1) is 5.82 Å². The first-order valence-electron chi connectivity index (χ1n) is 4.59. The maximum absolute atomic E-state index is 13.5. The smallest absolute Gasteiger partial charge is 0.324 e. The third-order valence-electron chi connectivity index (χ3n) is 1.98. The number of benzene rings is 1. The minimum Gasteiger partial charge on any atom is -0.480 e. The van der Waals surface area contributed by atoms with E-state index in [1.54, 1.807) is 4.72 Å². The van der Waals surface area contributed by atoms with Crippen LogP contribution < -0.4 is 4.72 Å². The van der Waals surface area contributed by atoms with Gasteiger partial charge in [-0.15, -0.1) is 0 Å². The molecule has 0 aromatic heterocycles. The zero-order valence-corrected chi connectivity index (χ0v) is 10.4. The number of sulfonamides is 1. The van der Waals surface area contributed by atoms with Crippen molar-refractivity contribution in [2.45, 2.75) is 10.9 Å². The number of aliphatic hydroxyl groups excluding tert-OH is 1. The highest BCUT2D eigenvalue weighted by Gasteiger charge is 2.27. The van der Waals surface area contributed by atoms with E-state index in [0.29, 0.717) is 0 Å². The van der Waals surface area contributed by atoms with Crippen LogP contribution in [-0.4, -0.2) is 37.2 Å². The molecule has 0 bridgehead atoms. The minimum absolute atomic E-state index is 0.409. The Kier molecular flexibility index (Phi) is 4.63. The van der Waals surface area contributed by atoms with Crippen molar-refractivity contribution in [1.82, 2.24) is 4.72 Å². The Morgan fingerprint density at radius 2 is 2.11 bits per heavy atom. The summed E-state index contributed by atoms with van der Waals surface area (Å²) in [6, 6.07) is 1.53. The Morgan fingerprint density at radius 1 is 1.50 bits per heavy atom. The molecule has 0 radical (unpaired) electrons. The molecule has 0 spiro atoms. The fourth-order valence-corrected chi connectivity index (χ4v) is 2.62. The second-order valence-electron chi connectivity index (χ2n) is 3.25. The number of rotatable bonds is 5. The second kappa shape index (κ2) is 5.61. The molecule has 0 aliphatic heterocycles. The molecule has 100 valence electrons. The highest BCUT2D eigenvalue weighted by atomic mass is 35.5. The van der Waals surface area contributed by atoms with Crippen LogP contribution in [-0.2, 0) is 14.8 Å². The molecule has 1 aromatic rings. The van der Waals surface area contributed by atoms with Crippen molar-refractivity contribution in [2.24, 2.45) is 0 Å². The maximum atomic E-state index is 13.5. The molecule has 0 unspecified atom stereocenters. The van der Waals surface area contributed by atoms with Gasteiger partial charge in [0.15, 0.2) is 5.82 Å². The summed E-state index contributed by atoms with van der Waals surface area (Å²) < 4.78 is 38.5. The largest absolute Gasteiger partial charge is 0.480 e. The molecule has 0 fully saturated rings. The number of carbonyl (C=O) groups is 1. The Morgan fingerprint density at radius 3 is 2.61 bits per heavy atom. The molecule has 0 amide bonds. The quantitative estimate of drug-likeness (QED) is 0.720. The van der Waals surface area contributed by atoms with E-state index < -0.39 is 44.4 Å². The highest BCUT2D eigenvalue weighted by Crippen LogP contribution is 2.21. The zero-order chi connectivity index (χ0) is 13.9. The van der Waals surface area contributed by atoms with Crippen LogP contribution in [0.4, 0.5) is 4.39 Å². The molecular weight excluding hydrogens is 289 g/mol. The molecule has 18 heavy (non-hydrogen) atoms. The van der Waals surface area contributed by atoms with E-state index in [4.69, 9.17) is 21.8 Å². The average Bonchev–Trinajstić information content (AvgIpc) is 2.29. The van der Waals surface area contributed by atoms with Crippen LogP contribution in [0.1, 0.15) is 0 Å². The fourth-order valence-electron chi connectivity index (χ4n) is 1.11. The van der Waals surface area contributed by atoms with Crippen LogP contribution in [0.2, 0.25) is 5.02 Å². The predicted octanol–water partition coefficient (Wildman–Crippen LogP) is 0.203. The standard InChI is InChI=1S/C9H9ClFNO5S/c10-5-2-1-3-7(8(5)11)18(16,17)12-6(4-13)9(14)15/h1-3,6,12-13H,4H2,(H,14,15)/t6-/m0/s1. The van der Waals surface area contributed by atoms with E-state index in [0.717, 1.165) is 12.1 Å². The van der Waals surface area contributed by atoms with E-state index in [9.17, 15) is 17.6 Å². The molecule has 1 rings (SSSR count). The molecule has 0 aliphatic carbocycles. The van der Waals surface area contributed by atoms with Crippen LogP contribution in [0.25, 0.3) is 0 Å². The van der Waals surface area contributed by atoms with Crippen LogP contribution in [0.5, 0.6) is 0 Å². The van der Waals surface area contributed by atoms with Gasteiger partial charge >= 0.3 is 5.97 Å². The lowest BCUT2D eigenvalue weighted by Crippen LogP contribution is -2.43. The summed E-state index contributed by atoms with van der Waals surface area (Å²) in [5, 5.41) is 16.9. The van der Waals surface area contributed by atoms with Gasteiger partial charge in [0.1, 0.15) is 10.9 Å². The third-order valence-corrected chi connectivity index (χ3v) is 3.76. The van der Waals surface area contributed by atoms with Gasteiger partial charge in [0.2, 0.25) is 10.0 Å². The van der Waals surface area contributed by atoms with Crippen molar-refractivity contribution in [1.29, 1.82) is 0 Å². The average molecular weight is 298 g/mol. The normalized spacial score (nSPS) is 13.3. The van der Waals surface area contributed by atoms with E-state index >= 15 is 0 Å².